The standard InChI is InChI=1S/C22H22N2O5/c1-16(25)23-11-13-24(14-12-23)20(26)15-29-22(28)19-9-7-18(8-10-19)21(27)17-5-3-2-4-6-17/h2-10H,11-15H2,1H3. The van der Waals surface area contributed by atoms with Crippen LogP contribution in [0.5, 0.6) is 0 Å². The van der Waals surface area contributed by atoms with E-state index < -0.39 is 5.97 Å². The van der Waals surface area contributed by atoms with Crippen LogP contribution in [0.25, 0.3) is 0 Å². The molecule has 2 amide bonds. The van der Waals surface area contributed by atoms with Crippen molar-refractivity contribution in [3.63, 3.8) is 0 Å². The molecule has 0 aromatic heterocycles. The molecule has 7 heteroatoms. The fourth-order valence-electron chi connectivity index (χ4n) is 3.09. The minimum absolute atomic E-state index is 0.0160. The number of ether oxygens (including phenoxy) is 1. The monoisotopic (exact) mass is 394 g/mol. The molecule has 2 aromatic rings. The van der Waals surface area contributed by atoms with Crippen LogP contribution in [0.15, 0.2) is 54.6 Å². The molecule has 0 saturated carbocycles. The number of carbonyl (C=O) groups is 4. The largest absolute Gasteiger partial charge is 0.452 e. The van der Waals surface area contributed by atoms with Crippen LogP contribution >= 0.6 is 0 Å². The Morgan fingerprint density at radius 2 is 1.28 bits per heavy atom. The van der Waals surface area contributed by atoms with Gasteiger partial charge in [0, 0.05) is 44.2 Å². The molecule has 1 heterocycles. The van der Waals surface area contributed by atoms with Gasteiger partial charge in [-0.25, -0.2) is 4.79 Å². The summed E-state index contributed by atoms with van der Waals surface area (Å²) in [4.78, 5) is 51.4. The lowest BCUT2D eigenvalue weighted by atomic mass is 10.0. The van der Waals surface area contributed by atoms with E-state index in [0.717, 1.165) is 0 Å². The molecular weight excluding hydrogens is 372 g/mol. The third-order valence-corrected chi connectivity index (χ3v) is 4.82. The second kappa shape index (κ2) is 9.14. The Kier molecular flexibility index (Phi) is 6.39. The molecule has 7 nitrogen and oxygen atoms in total. The molecule has 0 atom stereocenters. The van der Waals surface area contributed by atoms with Gasteiger partial charge in [-0.1, -0.05) is 42.5 Å². The Morgan fingerprint density at radius 3 is 1.86 bits per heavy atom. The normalized spacial score (nSPS) is 13.7. The second-order valence-corrected chi connectivity index (χ2v) is 6.74. The molecule has 0 bridgehead atoms. The number of ketones is 1. The third-order valence-electron chi connectivity index (χ3n) is 4.82. The fourth-order valence-corrected chi connectivity index (χ4v) is 3.09. The number of carbonyl (C=O) groups excluding carboxylic acids is 4. The highest BCUT2D eigenvalue weighted by atomic mass is 16.5. The fraction of sp³-hybridized carbons (Fsp3) is 0.273. The maximum atomic E-state index is 12.4. The molecule has 0 N–H and O–H groups in total. The molecule has 0 unspecified atom stereocenters. The number of hydrogen-bond donors (Lipinski definition) is 0. The summed E-state index contributed by atoms with van der Waals surface area (Å²) in [6.07, 6.45) is 0. The van der Waals surface area contributed by atoms with Crippen molar-refractivity contribution in [1.82, 2.24) is 9.80 Å². The van der Waals surface area contributed by atoms with Crippen LogP contribution in [-0.4, -0.2) is 66.2 Å². The van der Waals surface area contributed by atoms with Crippen LogP contribution in [0.3, 0.4) is 0 Å². The van der Waals surface area contributed by atoms with Crippen molar-refractivity contribution in [2.45, 2.75) is 6.92 Å². The number of benzene rings is 2. The van der Waals surface area contributed by atoms with E-state index in [1.165, 1.54) is 19.1 Å². The highest BCUT2D eigenvalue weighted by Gasteiger charge is 2.23. The molecule has 3 rings (SSSR count). The van der Waals surface area contributed by atoms with Gasteiger partial charge in [0.15, 0.2) is 12.4 Å². The molecule has 0 aliphatic carbocycles. The summed E-state index contributed by atoms with van der Waals surface area (Å²) >= 11 is 0. The van der Waals surface area contributed by atoms with E-state index in [1.807, 2.05) is 6.07 Å². The molecule has 29 heavy (non-hydrogen) atoms. The molecule has 0 radical (unpaired) electrons. The maximum Gasteiger partial charge on any atom is 0.338 e. The first-order chi connectivity index (χ1) is 14.0. The van der Waals surface area contributed by atoms with Crippen molar-refractivity contribution < 1.29 is 23.9 Å². The zero-order valence-electron chi connectivity index (χ0n) is 16.2. The number of hydrogen-bond acceptors (Lipinski definition) is 5. The van der Waals surface area contributed by atoms with Crippen LogP contribution in [0, 0.1) is 0 Å². The van der Waals surface area contributed by atoms with E-state index in [9.17, 15) is 19.2 Å². The van der Waals surface area contributed by atoms with Gasteiger partial charge in [-0.2, -0.15) is 0 Å². The first kappa shape index (κ1) is 20.3. The molecule has 2 aromatic carbocycles. The second-order valence-electron chi connectivity index (χ2n) is 6.74. The van der Waals surface area contributed by atoms with Crippen molar-refractivity contribution in [2.75, 3.05) is 32.8 Å². The molecule has 0 spiro atoms. The van der Waals surface area contributed by atoms with Crippen molar-refractivity contribution in [3.8, 4) is 0 Å². The van der Waals surface area contributed by atoms with Gasteiger partial charge in [-0.05, 0) is 12.1 Å². The van der Waals surface area contributed by atoms with Gasteiger partial charge in [0.05, 0.1) is 5.56 Å². The van der Waals surface area contributed by atoms with Crippen LogP contribution < -0.4 is 0 Å². The van der Waals surface area contributed by atoms with Crippen LogP contribution in [0.2, 0.25) is 0 Å². The van der Waals surface area contributed by atoms with Crippen molar-refractivity contribution in [2.24, 2.45) is 0 Å². The molecule has 1 aliphatic rings. The average Bonchev–Trinajstić information content (AvgIpc) is 2.77. The summed E-state index contributed by atoms with van der Waals surface area (Å²) in [5, 5.41) is 0. The van der Waals surface area contributed by atoms with Gasteiger partial charge in [0.25, 0.3) is 5.91 Å². The van der Waals surface area contributed by atoms with E-state index in [2.05, 4.69) is 0 Å². The topological polar surface area (TPSA) is 84.0 Å². The first-order valence-corrected chi connectivity index (χ1v) is 9.36. The van der Waals surface area contributed by atoms with Crippen molar-refractivity contribution in [1.29, 1.82) is 0 Å². The van der Waals surface area contributed by atoms with E-state index >= 15 is 0 Å². The van der Waals surface area contributed by atoms with Gasteiger partial charge >= 0.3 is 5.97 Å². The highest BCUT2D eigenvalue weighted by Crippen LogP contribution is 2.12. The summed E-state index contributed by atoms with van der Waals surface area (Å²) in [6, 6.07) is 15.0. The predicted molar refractivity (Wildman–Crippen MR) is 105 cm³/mol. The van der Waals surface area contributed by atoms with Crippen LogP contribution in [0.4, 0.5) is 0 Å². The lowest BCUT2D eigenvalue weighted by molar-refractivity contribution is -0.140. The van der Waals surface area contributed by atoms with Crippen LogP contribution in [0.1, 0.15) is 33.2 Å². The highest BCUT2D eigenvalue weighted by molar-refractivity contribution is 6.09. The Labute approximate surface area is 168 Å². The first-order valence-electron chi connectivity index (χ1n) is 9.36. The Morgan fingerprint density at radius 1 is 0.759 bits per heavy atom. The Hall–Kier alpha value is -3.48. The lowest BCUT2D eigenvalue weighted by Gasteiger charge is -2.34. The zero-order valence-corrected chi connectivity index (χ0v) is 16.2. The van der Waals surface area contributed by atoms with Gasteiger partial charge in [0.2, 0.25) is 5.91 Å². The smallest absolute Gasteiger partial charge is 0.338 e. The van der Waals surface area contributed by atoms with Crippen molar-refractivity contribution >= 4 is 23.6 Å². The average molecular weight is 394 g/mol. The summed E-state index contributed by atoms with van der Waals surface area (Å²) < 4.78 is 5.11. The summed E-state index contributed by atoms with van der Waals surface area (Å²) in [7, 11) is 0. The molecule has 150 valence electrons. The Bertz CT molecular complexity index is 901. The molecule has 1 fully saturated rings. The van der Waals surface area contributed by atoms with Crippen molar-refractivity contribution in [3.05, 3.63) is 71.3 Å². The van der Waals surface area contributed by atoms with Gasteiger partial charge in [-0.3, -0.25) is 14.4 Å². The quantitative estimate of drug-likeness (QED) is 0.570. The van der Waals surface area contributed by atoms with E-state index in [4.69, 9.17) is 4.74 Å². The van der Waals surface area contributed by atoms with Gasteiger partial charge in [0.1, 0.15) is 0 Å². The van der Waals surface area contributed by atoms with E-state index in [0.29, 0.717) is 37.3 Å². The number of amides is 2. The Balaban J connectivity index is 1.51. The minimum Gasteiger partial charge on any atom is -0.452 e. The maximum absolute atomic E-state index is 12.4. The number of esters is 1. The zero-order chi connectivity index (χ0) is 20.8. The summed E-state index contributed by atoms with van der Waals surface area (Å²) in [5.74, 6) is -1.07. The van der Waals surface area contributed by atoms with Gasteiger partial charge in [-0.15, -0.1) is 0 Å². The van der Waals surface area contributed by atoms with Gasteiger partial charge < -0.3 is 14.5 Å². The van der Waals surface area contributed by atoms with Crippen LogP contribution in [-0.2, 0) is 14.3 Å². The number of rotatable bonds is 5. The SMILES string of the molecule is CC(=O)N1CCN(C(=O)COC(=O)c2ccc(C(=O)c3ccccc3)cc2)CC1. The van der Waals surface area contributed by atoms with E-state index in [-0.39, 0.29) is 29.8 Å². The predicted octanol–water partition coefficient (Wildman–Crippen LogP) is 1.77. The molecular formula is C22H22N2O5. The van der Waals surface area contributed by atoms with E-state index in [1.54, 1.807) is 46.2 Å². The number of nitrogens with zero attached hydrogens (tertiary/aromatic N) is 2. The number of piperazine rings is 1. The molecule has 1 saturated heterocycles. The summed E-state index contributed by atoms with van der Waals surface area (Å²) in [5.41, 5.74) is 1.30. The summed E-state index contributed by atoms with van der Waals surface area (Å²) in [6.45, 7) is 2.94. The third kappa shape index (κ3) is 5.07. The minimum atomic E-state index is -0.626. The lowest BCUT2D eigenvalue weighted by Crippen LogP contribution is -2.51. The molecule has 1 aliphatic heterocycles.